The number of aromatic amines is 1. The Hall–Kier alpha value is -1.84. The fourth-order valence-corrected chi connectivity index (χ4v) is 3.50. The molecule has 2 N–H and O–H groups in total. The van der Waals surface area contributed by atoms with Gasteiger partial charge in [0, 0.05) is 5.92 Å². The second-order valence-electron chi connectivity index (χ2n) is 7.16. The zero-order valence-electron chi connectivity index (χ0n) is 14.1. The van der Waals surface area contributed by atoms with E-state index in [-0.39, 0.29) is 17.9 Å². The summed E-state index contributed by atoms with van der Waals surface area (Å²) >= 11 is 0. The molecule has 1 aliphatic carbocycles. The summed E-state index contributed by atoms with van der Waals surface area (Å²) in [5, 5.41) is 3.26. The van der Waals surface area contributed by atoms with E-state index in [1.165, 1.54) is 19.3 Å². The number of amides is 1. The van der Waals surface area contributed by atoms with Crippen LogP contribution in [0.2, 0.25) is 0 Å². The Morgan fingerprint density at radius 1 is 1.26 bits per heavy atom. The minimum atomic E-state index is -0.0307. The largest absolute Gasteiger partial charge is 0.346 e. The van der Waals surface area contributed by atoms with Crippen molar-refractivity contribution in [2.75, 3.05) is 0 Å². The molecule has 1 aliphatic rings. The molecule has 4 nitrogen and oxygen atoms in total. The quantitative estimate of drug-likeness (QED) is 0.862. The van der Waals surface area contributed by atoms with Gasteiger partial charge in [-0.1, -0.05) is 45.2 Å². The number of para-hydroxylation sites is 2. The molecule has 0 unspecified atom stereocenters. The van der Waals surface area contributed by atoms with Crippen LogP contribution in [0.3, 0.4) is 0 Å². The van der Waals surface area contributed by atoms with Gasteiger partial charge in [-0.05, 0) is 37.3 Å². The maximum absolute atomic E-state index is 12.6. The van der Waals surface area contributed by atoms with Crippen molar-refractivity contribution < 1.29 is 4.79 Å². The van der Waals surface area contributed by atoms with Crippen LogP contribution in [0.25, 0.3) is 11.0 Å². The standard InChI is InChI=1S/C19H27N3O/c1-13(2)12-17(22-19(23)14-8-4-3-5-9-14)18-20-15-10-6-7-11-16(15)21-18/h6-7,10-11,13-14,17H,3-5,8-9,12H2,1-2H3,(H,20,21)(H,22,23)/t17-/m1/s1. The van der Waals surface area contributed by atoms with Crippen LogP contribution in [0.4, 0.5) is 0 Å². The molecule has 0 aliphatic heterocycles. The van der Waals surface area contributed by atoms with Crippen LogP contribution in [0.5, 0.6) is 0 Å². The predicted molar refractivity (Wildman–Crippen MR) is 93.0 cm³/mol. The molecular weight excluding hydrogens is 286 g/mol. The molecule has 0 radical (unpaired) electrons. The highest BCUT2D eigenvalue weighted by Crippen LogP contribution is 2.26. The molecule has 1 heterocycles. The van der Waals surface area contributed by atoms with Crippen LogP contribution in [0.15, 0.2) is 24.3 Å². The van der Waals surface area contributed by atoms with Crippen molar-refractivity contribution in [1.29, 1.82) is 0 Å². The van der Waals surface area contributed by atoms with E-state index in [1.54, 1.807) is 0 Å². The fourth-order valence-electron chi connectivity index (χ4n) is 3.50. The van der Waals surface area contributed by atoms with Crippen LogP contribution in [0, 0.1) is 11.8 Å². The second kappa shape index (κ2) is 7.16. The first-order valence-electron chi connectivity index (χ1n) is 8.88. The topological polar surface area (TPSA) is 57.8 Å². The molecule has 0 saturated heterocycles. The van der Waals surface area contributed by atoms with E-state index in [1.807, 2.05) is 24.3 Å². The highest BCUT2D eigenvalue weighted by molar-refractivity contribution is 5.79. The zero-order valence-corrected chi connectivity index (χ0v) is 14.1. The Kier molecular flexibility index (Phi) is 4.99. The monoisotopic (exact) mass is 313 g/mol. The third-order valence-corrected chi connectivity index (χ3v) is 4.74. The third-order valence-electron chi connectivity index (χ3n) is 4.74. The number of carbonyl (C=O) groups excluding carboxylic acids is 1. The molecule has 1 aromatic heterocycles. The van der Waals surface area contributed by atoms with Crippen LogP contribution >= 0.6 is 0 Å². The Bertz CT molecular complexity index is 622. The number of carbonyl (C=O) groups is 1. The molecule has 23 heavy (non-hydrogen) atoms. The van der Waals surface area contributed by atoms with Gasteiger partial charge in [-0.15, -0.1) is 0 Å². The minimum Gasteiger partial charge on any atom is -0.346 e. The Labute approximate surface area is 138 Å². The molecule has 3 rings (SSSR count). The molecule has 124 valence electrons. The lowest BCUT2D eigenvalue weighted by Crippen LogP contribution is -2.36. The predicted octanol–water partition coefficient (Wildman–Crippen LogP) is 4.35. The molecule has 0 spiro atoms. The van der Waals surface area contributed by atoms with E-state index in [9.17, 15) is 4.79 Å². The van der Waals surface area contributed by atoms with Crippen LogP contribution in [0.1, 0.15) is 64.2 Å². The molecule has 1 saturated carbocycles. The lowest BCUT2D eigenvalue weighted by atomic mass is 9.88. The Morgan fingerprint density at radius 3 is 2.70 bits per heavy atom. The van der Waals surface area contributed by atoms with Gasteiger partial charge in [0.05, 0.1) is 17.1 Å². The highest BCUT2D eigenvalue weighted by atomic mass is 16.1. The summed E-state index contributed by atoms with van der Waals surface area (Å²) in [6, 6.07) is 8.00. The van der Waals surface area contributed by atoms with Gasteiger partial charge in [-0.25, -0.2) is 4.98 Å². The van der Waals surface area contributed by atoms with Gasteiger partial charge in [-0.2, -0.15) is 0 Å². The van der Waals surface area contributed by atoms with Crippen molar-refractivity contribution in [3.8, 4) is 0 Å². The molecule has 1 aromatic carbocycles. The molecule has 1 atom stereocenters. The molecule has 1 fully saturated rings. The number of hydrogen-bond acceptors (Lipinski definition) is 2. The first-order valence-corrected chi connectivity index (χ1v) is 8.88. The van der Waals surface area contributed by atoms with E-state index in [0.717, 1.165) is 36.1 Å². The lowest BCUT2D eigenvalue weighted by Gasteiger charge is -2.25. The summed E-state index contributed by atoms with van der Waals surface area (Å²) in [6.07, 6.45) is 6.58. The van der Waals surface area contributed by atoms with Crippen molar-refractivity contribution in [1.82, 2.24) is 15.3 Å². The number of imidazole rings is 1. The zero-order chi connectivity index (χ0) is 16.2. The van der Waals surface area contributed by atoms with Gasteiger partial charge in [0.25, 0.3) is 0 Å². The van der Waals surface area contributed by atoms with Crippen LogP contribution in [-0.4, -0.2) is 15.9 Å². The number of H-pyrrole nitrogens is 1. The van der Waals surface area contributed by atoms with Crippen LogP contribution in [-0.2, 0) is 4.79 Å². The third kappa shape index (κ3) is 3.92. The first kappa shape index (κ1) is 16.0. The molecule has 4 heteroatoms. The van der Waals surface area contributed by atoms with Gasteiger partial charge in [0.2, 0.25) is 5.91 Å². The fraction of sp³-hybridized carbons (Fsp3) is 0.579. The summed E-state index contributed by atoms with van der Waals surface area (Å²) < 4.78 is 0. The van der Waals surface area contributed by atoms with Gasteiger partial charge in [0.15, 0.2) is 0 Å². The number of aromatic nitrogens is 2. The van der Waals surface area contributed by atoms with E-state index in [4.69, 9.17) is 4.98 Å². The van der Waals surface area contributed by atoms with Gasteiger partial charge in [-0.3, -0.25) is 4.79 Å². The normalized spacial score (nSPS) is 17.5. The van der Waals surface area contributed by atoms with E-state index in [2.05, 4.69) is 24.1 Å². The summed E-state index contributed by atoms with van der Waals surface area (Å²) in [6.45, 7) is 4.37. The summed E-state index contributed by atoms with van der Waals surface area (Å²) in [7, 11) is 0. The highest BCUT2D eigenvalue weighted by Gasteiger charge is 2.25. The molecule has 2 aromatic rings. The second-order valence-corrected chi connectivity index (χ2v) is 7.16. The maximum Gasteiger partial charge on any atom is 0.223 e. The van der Waals surface area contributed by atoms with Crippen LogP contribution < -0.4 is 5.32 Å². The van der Waals surface area contributed by atoms with Gasteiger partial charge < -0.3 is 10.3 Å². The van der Waals surface area contributed by atoms with Gasteiger partial charge >= 0.3 is 0 Å². The van der Waals surface area contributed by atoms with Crippen molar-refractivity contribution >= 4 is 16.9 Å². The van der Waals surface area contributed by atoms with Crippen molar-refractivity contribution in [2.45, 2.75) is 58.4 Å². The van der Waals surface area contributed by atoms with E-state index >= 15 is 0 Å². The number of benzene rings is 1. The number of rotatable bonds is 5. The van der Waals surface area contributed by atoms with Crippen molar-refractivity contribution in [3.63, 3.8) is 0 Å². The molecule has 1 amide bonds. The number of nitrogens with one attached hydrogen (secondary N) is 2. The number of hydrogen-bond donors (Lipinski definition) is 2. The SMILES string of the molecule is CC(C)C[C@@H](NC(=O)C1CCCCC1)c1nc2ccccc2[nH]1. The Balaban J connectivity index is 1.77. The summed E-state index contributed by atoms with van der Waals surface area (Å²) in [4.78, 5) is 20.7. The average Bonchev–Trinajstić information content (AvgIpc) is 2.98. The van der Waals surface area contributed by atoms with Crippen molar-refractivity contribution in [3.05, 3.63) is 30.1 Å². The molecular formula is C19H27N3O. The van der Waals surface area contributed by atoms with E-state index < -0.39 is 0 Å². The van der Waals surface area contributed by atoms with E-state index in [0.29, 0.717) is 5.92 Å². The maximum atomic E-state index is 12.6. The summed E-state index contributed by atoms with van der Waals surface area (Å²) in [5.41, 5.74) is 1.99. The number of nitrogens with zero attached hydrogens (tertiary/aromatic N) is 1. The smallest absolute Gasteiger partial charge is 0.223 e. The lowest BCUT2D eigenvalue weighted by molar-refractivity contribution is -0.126. The minimum absolute atomic E-state index is 0.0307. The first-order chi connectivity index (χ1) is 11.1. The van der Waals surface area contributed by atoms with Crippen molar-refractivity contribution in [2.24, 2.45) is 11.8 Å². The summed E-state index contributed by atoms with van der Waals surface area (Å²) in [5.74, 6) is 1.77. The average molecular weight is 313 g/mol. The van der Waals surface area contributed by atoms with Gasteiger partial charge in [0.1, 0.15) is 5.82 Å². The molecule has 0 bridgehead atoms. The Morgan fingerprint density at radius 2 is 2.00 bits per heavy atom. The number of fused-ring (bicyclic) bond motifs is 1.